The molecular weight excluding hydrogens is 546 g/mol. The number of hydrogen-bond acceptors (Lipinski definition) is 7. The monoisotopic (exact) mass is 567 g/mol. The number of imide groups is 2. The topological polar surface area (TPSA) is 123 Å². The molecule has 0 unspecified atom stereocenters. The van der Waals surface area contributed by atoms with Gasteiger partial charge in [-0.3, -0.25) is 38.3 Å². The summed E-state index contributed by atoms with van der Waals surface area (Å²) in [5.74, 6) is -1.85. The van der Waals surface area contributed by atoms with Gasteiger partial charge in [0.05, 0.1) is 41.0 Å². The molecule has 0 N–H and O–H groups in total. The molecule has 0 saturated carbocycles. The minimum atomic E-state index is -0.481. The molecule has 0 fully saturated rings. The van der Waals surface area contributed by atoms with Crippen molar-refractivity contribution in [3.05, 3.63) is 148 Å². The number of para-hydroxylation sites is 1. The van der Waals surface area contributed by atoms with Crippen molar-refractivity contribution in [2.45, 2.75) is 13.1 Å². The molecular formula is C33H21N5O5. The molecule has 3 heterocycles. The van der Waals surface area contributed by atoms with Crippen LogP contribution >= 0.6 is 0 Å². The van der Waals surface area contributed by atoms with Gasteiger partial charge in [-0.1, -0.05) is 66.7 Å². The van der Waals surface area contributed by atoms with Crippen LogP contribution in [0.5, 0.6) is 0 Å². The highest BCUT2D eigenvalue weighted by Gasteiger charge is 2.39. The highest BCUT2D eigenvalue weighted by Crippen LogP contribution is 2.29. The Labute approximate surface area is 244 Å². The first-order valence-corrected chi connectivity index (χ1v) is 13.5. The van der Waals surface area contributed by atoms with Gasteiger partial charge in [0.1, 0.15) is 0 Å². The Balaban J connectivity index is 1.33. The number of rotatable bonds is 7. The molecule has 0 saturated heterocycles. The van der Waals surface area contributed by atoms with Gasteiger partial charge in [0.15, 0.2) is 17.4 Å². The van der Waals surface area contributed by atoms with E-state index in [1.54, 1.807) is 102 Å². The van der Waals surface area contributed by atoms with Gasteiger partial charge in [-0.15, -0.1) is 10.2 Å². The van der Waals surface area contributed by atoms with Crippen LogP contribution < -0.4 is 0 Å². The summed E-state index contributed by atoms with van der Waals surface area (Å²) in [4.78, 5) is 68.7. The summed E-state index contributed by atoms with van der Waals surface area (Å²) < 4.78 is 1.54. The van der Waals surface area contributed by atoms with E-state index in [4.69, 9.17) is 0 Å². The summed E-state index contributed by atoms with van der Waals surface area (Å²) >= 11 is 0. The normalized spacial score (nSPS) is 14.0. The Bertz CT molecular complexity index is 1830. The molecule has 0 atom stereocenters. The molecule has 10 nitrogen and oxygen atoms in total. The summed E-state index contributed by atoms with van der Waals surface area (Å²) in [6, 6.07) is 28.6. The van der Waals surface area contributed by atoms with E-state index < -0.39 is 23.6 Å². The van der Waals surface area contributed by atoms with E-state index in [9.17, 15) is 24.0 Å². The summed E-state index contributed by atoms with van der Waals surface area (Å²) in [7, 11) is 0. The Morgan fingerprint density at radius 3 is 1.37 bits per heavy atom. The van der Waals surface area contributed by atoms with Crippen molar-refractivity contribution < 1.29 is 24.0 Å². The molecule has 2 aliphatic heterocycles. The third-order valence-corrected chi connectivity index (χ3v) is 7.58. The second-order valence-electron chi connectivity index (χ2n) is 10.1. The average Bonchev–Trinajstić information content (AvgIpc) is 3.64. The third-order valence-electron chi connectivity index (χ3n) is 7.58. The van der Waals surface area contributed by atoms with Crippen molar-refractivity contribution in [2.75, 3.05) is 0 Å². The van der Waals surface area contributed by atoms with E-state index in [-0.39, 0.29) is 52.8 Å². The van der Waals surface area contributed by atoms with Gasteiger partial charge < -0.3 is 0 Å². The number of benzene rings is 4. The Morgan fingerprint density at radius 2 is 0.907 bits per heavy atom. The van der Waals surface area contributed by atoms with Crippen LogP contribution in [0.15, 0.2) is 103 Å². The number of carbonyl (C=O) groups excluding carboxylic acids is 5. The maximum absolute atomic E-state index is 13.7. The van der Waals surface area contributed by atoms with Crippen LogP contribution in [0.25, 0.3) is 5.69 Å². The molecule has 5 aromatic rings. The molecule has 0 radical (unpaired) electrons. The summed E-state index contributed by atoms with van der Waals surface area (Å²) in [5.41, 5.74) is 2.26. The van der Waals surface area contributed by atoms with Crippen LogP contribution in [-0.2, 0) is 13.1 Å². The fourth-order valence-electron chi connectivity index (χ4n) is 5.49. The zero-order valence-electron chi connectivity index (χ0n) is 22.5. The van der Waals surface area contributed by atoms with Crippen molar-refractivity contribution in [1.82, 2.24) is 24.6 Å². The lowest BCUT2D eigenvalue weighted by molar-refractivity contribution is 0.0626. The maximum Gasteiger partial charge on any atom is 0.261 e. The summed E-state index contributed by atoms with van der Waals surface area (Å²) in [5, 5.41) is 8.62. The number of nitrogens with zero attached hydrogens (tertiary/aromatic N) is 5. The fraction of sp³-hybridized carbons (Fsp3) is 0.0606. The Kier molecular flexibility index (Phi) is 6.09. The van der Waals surface area contributed by atoms with Crippen molar-refractivity contribution in [1.29, 1.82) is 0 Å². The van der Waals surface area contributed by atoms with Crippen LogP contribution in [0.1, 0.15) is 69.0 Å². The first kappa shape index (κ1) is 25.9. The predicted molar refractivity (Wildman–Crippen MR) is 153 cm³/mol. The highest BCUT2D eigenvalue weighted by molar-refractivity contribution is 6.22. The molecule has 7 rings (SSSR count). The van der Waals surface area contributed by atoms with Crippen LogP contribution in [0.4, 0.5) is 0 Å². The molecule has 43 heavy (non-hydrogen) atoms. The predicted octanol–water partition coefficient (Wildman–Crippen LogP) is 4.09. The van der Waals surface area contributed by atoms with E-state index in [1.165, 1.54) is 0 Å². The van der Waals surface area contributed by atoms with Crippen molar-refractivity contribution in [3.63, 3.8) is 0 Å². The van der Waals surface area contributed by atoms with Crippen molar-refractivity contribution >= 4 is 29.4 Å². The molecule has 1 aromatic heterocycles. The van der Waals surface area contributed by atoms with Crippen LogP contribution in [0, 0.1) is 0 Å². The molecule has 4 aromatic carbocycles. The largest absolute Gasteiger partial charge is 0.289 e. The van der Waals surface area contributed by atoms with Gasteiger partial charge in [0, 0.05) is 11.1 Å². The number of aromatic nitrogens is 3. The van der Waals surface area contributed by atoms with Gasteiger partial charge in [0.25, 0.3) is 23.6 Å². The molecule has 208 valence electrons. The third kappa shape index (κ3) is 4.15. The zero-order valence-corrected chi connectivity index (χ0v) is 22.5. The van der Waals surface area contributed by atoms with E-state index in [1.807, 2.05) is 6.07 Å². The van der Waals surface area contributed by atoms with Gasteiger partial charge in [-0.25, -0.2) is 0 Å². The SMILES string of the molecule is O=C(c1ccccc1)c1ccccc1-n1c(CN2C(=O)c3ccccc3C2=O)nnc1CN1C(=O)c2ccccc2C1=O. The van der Waals surface area contributed by atoms with Crippen LogP contribution in [0.3, 0.4) is 0 Å². The van der Waals surface area contributed by atoms with E-state index >= 15 is 0 Å². The zero-order chi connectivity index (χ0) is 29.7. The van der Waals surface area contributed by atoms with Crippen molar-refractivity contribution in [2.24, 2.45) is 0 Å². The molecule has 0 aliphatic carbocycles. The van der Waals surface area contributed by atoms with Gasteiger partial charge in [-0.05, 0) is 36.4 Å². The van der Waals surface area contributed by atoms with Crippen molar-refractivity contribution in [3.8, 4) is 5.69 Å². The van der Waals surface area contributed by atoms with Crippen LogP contribution in [0.2, 0.25) is 0 Å². The van der Waals surface area contributed by atoms with Gasteiger partial charge >= 0.3 is 0 Å². The molecule has 0 spiro atoms. The van der Waals surface area contributed by atoms with E-state index in [0.717, 1.165) is 9.80 Å². The number of carbonyl (C=O) groups is 5. The van der Waals surface area contributed by atoms with Gasteiger partial charge in [0.2, 0.25) is 0 Å². The highest BCUT2D eigenvalue weighted by atomic mass is 16.2. The molecule has 4 amide bonds. The first-order valence-electron chi connectivity index (χ1n) is 13.5. The minimum absolute atomic E-state index is 0.175. The second-order valence-corrected chi connectivity index (χ2v) is 10.1. The molecule has 10 heteroatoms. The molecule has 2 aliphatic rings. The van der Waals surface area contributed by atoms with E-state index in [0.29, 0.717) is 16.8 Å². The standard InChI is InChI=1S/C33H21N5O5/c39-29(20-10-2-1-3-11-20)25-16-8-9-17-26(25)38-27(18-36-30(40)21-12-4-5-13-22(21)31(36)41)34-35-28(38)19-37-32(42)23-14-6-7-15-24(23)33(37)43/h1-17H,18-19H2. The lowest BCUT2D eigenvalue weighted by atomic mass is 10.0. The van der Waals surface area contributed by atoms with Gasteiger partial charge in [-0.2, -0.15) is 0 Å². The Morgan fingerprint density at radius 1 is 0.512 bits per heavy atom. The number of hydrogen-bond donors (Lipinski definition) is 0. The summed E-state index contributed by atoms with van der Waals surface area (Å²) in [6.07, 6.45) is 0. The number of fused-ring (bicyclic) bond motifs is 2. The Hall–Kier alpha value is -6.03. The first-order chi connectivity index (χ1) is 20.9. The lowest BCUT2D eigenvalue weighted by Crippen LogP contribution is -2.32. The van der Waals surface area contributed by atoms with Crippen LogP contribution in [-0.4, -0.2) is 54.0 Å². The smallest absolute Gasteiger partial charge is 0.261 e. The summed E-state index contributed by atoms with van der Waals surface area (Å²) in [6.45, 7) is -0.509. The lowest BCUT2D eigenvalue weighted by Gasteiger charge is -2.19. The number of ketones is 1. The van der Waals surface area contributed by atoms with E-state index in [2.05, 4.69) is 10.2 Å². The molecule has 0 bridgehead atoms. The minimum Gasteiger partial charge on any atom is -0.289 e. The second kappa shape index (κ2) is 10.1. The average molecular weight is 568 g/mol. The fourth-order valence-corrected chi connectivity index (χ4v) is 5.49. The maximum atomic E-state index is 13.7. The quantitative estimate of drug-likeness (QED) is 0.214. The number of amides is 4.